The molecule has 1 aromatic carbocycles. The number of piperidine rings is 1. The number of hydrogen-bond donors (Lipinski definition) is 1. The molecule has 1 N–H and O–H groups in total. The van der Waals surface area contributed by atoms with Crippen LogP contribution in [0.3, 0.4) is 0 Å². The minimum absolute atomic E-state index is 0.00675. The molecule has 0 bridgehead atoms. The first-order valence-electron chi connectivity index (χ1n) is 8.87. The Labute approximate surface area is 144 Å². The Balaban J connectivity index is 1.67. The first kappa shape index (κ1) is 17.4. The molecule has 5 nitrogen and oxygen atoms in total. The van der Waals surface area contributed by atoms with E-state index in [9.17, 15) is 13.2 Å². The van der Waals surface area contributed by atoms with Gasteiger partial charge in [0.2, 0.25) is 15.9 Å². The fourth-order valence-electron chi connectivity index (χ4n) is 3.79. The van der Waals surface area contributed by atoms with E-state index in [1.54, 1.807) is 6.92 Å². The quantitative estimate of drug-likeness (QED) is 0.906. The average molecular weight is 350 g/mol. The zero-order valence-electron chi connectivity index (χ0n) is 14.2. The minimum atomic E-state index is -3.22. The Morgan fingerprint density at radius 3 is 2.83 bits per heavy atom. The molecule has 2 atom stereocenters. The Hall–Kier alpha value is -1.40. The molecule has 0 radical (unpaired) electrons. The summed E-state index contributed by atoms with van der Waals surface area (Å²) in [5.41, 5.74) is 2.53. The van der Waals surface area contributed by atoms with Crippen molar-refractivity contribution >= 4 is 15.9 Å². The van der Waals surface area contributed by atoms with Crippen LogP contribution in [0.5, 0.6) is 0 Å². The number of carbonyl (C=O) groups excluding carboxylic acids is 1. The number of amides is 1. The second-order valence-electron chi connectivity index (χ2n) is 6.75. The molecule has 1 saturated heterocycles. The lowest BCUT2D eigenvalue weighted by Gasteiger charge is -2.33. The third-order valence-corrected chi connectivity index (χ3v) is 7.05. The molecule has 1 amide bonds. The lowest BCUT2D eigenvalue weighted by molar-refractivity contribution is -0.127. The van der Waals surface area contributed by atoms with Gasteiger partial charge in [-0.1, -0.05) is 24.3 Å². The van der Waals surface area contributed by atoms with Crippen LogP contribution in [0, 0.1) is 5.92 Å². The summed E-state index contributed by atoms with van der Waals surface area (Å²) in [4.78, 5) is 12.7. The van der Waals surface area contributed by atoms with Gasteiger partial charge in [0, 0.05) is 13.1 Å². The van der Waals surface area contributed by atoms with Gasteiger partial charge in [0.05, 0.1) is 17.7 Å². The molecule has 24 heavy (non-hydrogen) atoms. The number of carbonyl (C=O) groups is 1. The largest absolute Gasteiger partial charge is 0.349 e. The zero-order chi connectivity index (χ0) is 17.2. The van der Waals surface area contributed by atoms with Gasteiger partial charge < -0.3 is 5.32 Å². The Morgan fingerprint density at radius 1 is 1.25 bits per heavy atom. The predicted octanol–water partition coefficient (Wildman–Crippen LogP) is 2.24. The smallest absolute Gasteiger partial charge is 0.224 e. The molecule has 0 unspecified atom stereocenters. The molecule has 1 aliphatic heterocycles. The van der Waals surface area contributed by atoms with Crippen molar-refractivity contribution in [3.63, 3.8) is 0 Å². The normalized spacial score (nSPS) is 25.0. The molecule has 1 heterocycles. The van der Waals surface area contributed by atoms with Crippen molar-refractivity contribution in [2.45, 2.75) is 45.1 Å². The molecular weight excluding hydrogens is 324 g/mol. The summed E-state index contributed by atoms with van der Waals surface area (Å²) in [7, 11) is -3.22. The fourth-order valence-corrected chi connectivity index (χ4v) is 4.96. The SMILES string of the molecule is CCS(=O)(=O)N1CCC[C@@H](C(=O)N[C@H]2CCCc3ccccc32)C1. The number of benzene rings is 1. The van der Waals surface area contributed by atoms with E-state index < -0.39 is 10.0 Å². The summed E-state index contributed by atoms with van der Waals surface area (Å²) < 4.78 is 25.6. The van der Waals surface area contributed by atoms with Gasteiger partial charge in [-0.2, -0.15) is 0 Å². The zero-order valence-corrected chi connectivity index (χ0v) is 15.0. The molecular formula is C18H26N2O3S. The number of nitrogens with one attached hydrogen (secondary N) is 1. The molecule has 0 saturated carbocycles. The average Bonchev–Trinajstić information content (AvgIpc) is 2.62. The van der Waals surface area contributed by atoms with E-state index in [2.05, 4.69) is 17.4 Å². The van der Waals surface area contributed by atoms with E-state index in [-0.39, 0.29) is 23.6 Å². The number of aryl methyl sites for hydroxylation is 1. The highest BCUT2D eigenvalue weighted by Crippen LogP contribution is 2.30. The summed E-state index contributed by atoms with van der Waals surface area (Å²) >= 11 is 0. The molecule has 1 aromatic rings. The number of nitrogens with zero attached hydrogens (tertiary/aromatic N) is 1. The van der Waals surface area contributed by atoms with Gasteiger partial charge >= 0.3 is 0 Å². The second kappa shape index (κ2) is 7.23. The third kappa shape index (κ3) is 3.64. The van der Waals surface area contributed by atoms with E-state index in [1.807, 2.05) is 12.1 Å². The van der Waals surface area contributed by atoms with Crippen molar-refractivity contribution in [3.05, 3.63) is 35.4 Å². The van der Waals surface area contributed by atoms with Gasteiger partial charge in [0.15, 0.2) is 0 Å². The van der Waals surface area contributed by atoms with Crippen LogP contribution >= 0.6 is 0 Å². The van der Waals surface area contributed by atoms with Crippen molar-refractivity contribution in [3.8, 4) is 0 Å². The van der Waals surface area contributed by atoms with Crippen LogP contribution in [0.15, 0.2) is 24.3 Å². The highest BCUT2D eigenvalue weighted by atomic mass is 32.2. The lowest BCUT2D eigenvalue weighted by atomic mass is 9.87. The van der Waals surface area contributed by atoms with Crippen LogP contribution in [-0.2, 0) is 21.2 Å². The highest BCUT2D eigenvalue weighted by molar-refractivity contribution is 7.89. The second-order valence-corrected chi connectivity index (χ2v) is 9.01. The standard InChI is InChI=1S/C18H26N2O3S/c1-2-24(22,23)20-12-6-9-15(13-20)18(21)19-17-11-5-8-14-7-3-4-10-16(14)17/h3-4,7,10,15,17H,2,5-6,8-9,11-13H2,1H3,(H,19,21)/t15-,17+/m1/s1. The van der Waals surface area contributed by atoms with Crippen LogP contribution in [0.1, 0.15) is 49.8 Å². The molecule has 2 aliphatic rings. The van der Waals surface area contributed by atoms with E-state index in [0.29, 0.717) is 13.1 Å². The van der Waals surface area contributed by atoms with Crippen LogP contribution in [0.25, 0.3) is 0 Å². The fraction of sp³-hybridized carbons (Fsp3) is 0.611. The first-order valence-corrected chi connectivity index (χ1v) is 10.5. The molecule has 132 valence electrons. The Bertz CT molecular complexity index is 702. The van der Waals surface area contributed by atoms with E-state index in [0.717, 1.165) is 32.1 Å². The van der Waals surface area contributed by atoms with Crippen molar-refractivity contribution in [1.82, 2.24) is 9.62 Å². The van der Waals surface area contributed by atoms with Crippen LogP contribution in [0.2, 0.25) is 0 Å². The van der Waals surface area contributed by atoms with Gasteiger partial charge in [0.25, 0.3) is 0 Å². The Kier molecular flexibility index (Phi) is 5.25. The predicted molar refractivity (Wildman–Crippen MR) is 94.0 cm³/mol. The maximum atomic E-state index is 12.7. The van der Waals surface area contributed by atoms with Crippen LogP contribution in [-0.4, -0.2) is 37.5 Å². The van der Waals surface area contributed by atoms with Gasteiger partial charge in [0.1, 0.15) is 0 Å². The van der Waals surface area contributed by atoms with E-state index in [4.69, 9.17) is 0 Å². The minimum Gasteiger partial charge on any atom is -0.349 e. The maximum absolute atomic E-state index is 12.7. The van der Waals surface area contributed by atoms with E-state index >= 15 is 0 Å². The highest BCUT2D eigenvalue weighted by Gasteiger charge is 2.32. The number of fused-ring (bicyclic) bond motifs is 1. The lowest BCUT2D eigenvalue weighted by Crippen LogP contribution is -2.46. The number of rotatable bonds is 4. The molecule has 6 heteroatoms. The molecule has 0 spiro atoms. The van der Waals surface area contributed by atoms with Crippen molar-refractivity contribution in [2.24, 2.45) is 5.92 Å². The first-order chi connectivity index (χ1) is 11.5. The Morgan fingerprint density at radius 2 is 2.04 bits per heavy atom. The summed E-state index contributed by atoms with van der Waals surface area (Å²) in [5, 5.41) is 3.17. The molecule has 1 aliphatic carbocycles. The third-order valence-electron chi connectivity index (χ3n) is 5.20. The van der Waals surface area contributed by atoms with E-state index in [1.165, 1.54) is 15.4 Å². The molecule has 0 aromatic heterocycles. The summed E-state index contributed by atoms with van der Waals surface area (Å²) in [6.45, 7) is 2.50. The molecule has 1 fully saturated rings. The topological polar surface area (TPSA) is 66.5 Å². The monoisotopic (exact) mass is 350 g/mol. The van der Waals surface area contributed by atoms with Crippen molar-refractivity contribution in [1.29, 1.82) is 0 Å². The van der Waals surface area contributed by atoms with Crippen LogP contribution < -0.4 is 5.32 Å². The number of sulfonamides is 1. The van der Waals surface area contributed by atoms with Gasteiger partial charge in [-0.3, -0.25) is 4.79 Å². The van der Waals surface area contributed by atoms with Crippen LogP contribution in [0.4, 0.5) is 0 Å². The summed E-state index contributed by atoms with van der Waals surface area (Å²) in [6.07, 6.45) is 4.60. The summed E-state index contributed by atoms with van der Waals surface area (Å²) in [5.74, 6) is -0.154. The van der Waals surface area contributed by atoms with Gasteiger partial charge in [-0.25, -0.2) is 12.7 Å². The number of hydrogen-bond acceptors (Lipinski definition) is 3. The summed E-state index contributed by atoms with van der Waals surface area (Å²) in [6, 6.07) is 8.33. The maximum Gasteiger partial charge on any atom is 0.224 e. The molecule has 3 rings (SSSR count). The van der Waals surface area contributed by atoms with Crippen molar-refractivity contribution < 1.29 is 13.2 Å². The van der Waals surface area contributed by atoms with Crippen molar-refractivity contribution in [2.75, 3.05) is 18.8 Å². The van der Waals surface area contributed by atoms with Gasteiger partial charge in [-0.15, -0.1) is 0 Å². The van der Waals surface area contributed by atoms with Gasteiger partial charge in [-0.05, 0) is 50.2 Å².